The van der Waals surface area contributed by atoms with E-state index in [0.717, 1.165) is 17.7 Å². The van der Waals surface area contributed by atoms with E-state index in [2.05, 4.69) is 10.6 Å². The topological polar surface area (TPSA) is 81.7 Å². The van der Waals surface area contributed by atoms with E-state index in [1.807, 2.05) is 0 Å². The lowest BCUT2D eigenvalue weighted by atomic mass is 10.2. The Bertz CT molecular complexity index is 633. The summed E-state index contributed by atoms with van der Waals surface area (Å²) in [5.41, 5.74) is 0.717. The van der Waals surface area contributed by atoms with Crippen LogP contribution in [0, 0.1) is 0 Å². The van der Waals surface area contributed by atoms with Crippen LogP contribution in [0.15, 0.2) is 24.3 Å². The molecule has 2 amide bonds. The van der Waals surface area contributed by atoms with Crippen molar-refractivity contribution in [1.29, 1.82) is 0 Å². The van der Waals surface area contributed by atoms with Crippen molar-refractivity contribution in [2.75, 3.05) is 31.6 Å². The molecular weight excluding hydrogens is 351 g/mol. The molecule has 9 heteroatoms. The van der Waals surface area contributed by atoms with Crippen LogP contribution in [0.3, 0.4) is 0 Å². The predicted octanol–water partition coefficient (Wildman–Crippen LogP) is 1.76. The van der Waals surface area contributed by atoms with Crippen LogP contribution in [0.4, 0.5) is 18.9 Å². The molecule has 0 bridgehead atoms. The number of hydrogen-bond acceptors (Lipinski definition) is 4. The van der Waals surface area contributed by atoms with E-state index in [-0.39, 0.29) is 31.5 Å². The van der Waals surface area contributed by atoms with Crippen LogP contribution < -0.4 is 10.6 Å². The van der Waals surface area contributed by atoms with Crippen LogP contribution in [-0.4, -0.2) is 60.3 Å². The zero-order valence-electron chi connectivity index (χ0n) is 14.2. The molecule has 1 aromatic rings. The third-order valence-corrected chi connectivity index (χ3v) is 3.72. The van der Waals surface area contributed by atoms with Gasteiger partial charge >= 0.3 is 6.18 Å². The lowest BCUT2D eigenvalue weighted by Crippen LogP contribution is -2.40. The second kappa shape index (κ2) is 9.00. The van der Waals surface area contributed by atoms with Gasteiger partial charge in [-0.15, -0.1) is 0 Å². The Hall–Kier alpha value is -2.13. The number of nitrogens with one attached hydrogen (secondary N) is 2. The summed E-state index contributed by atoms with van der Waals surface area (Å²) in [4.78, 5) is 25.0. The number of carbonyl (C=O) groups excluding carboxylic acids is 2. The average molecular weight is 373 g/mol. The molecule has 0 atom stereocenters. The number of nitrogens with zero attached hydrogens (tertiary/aromatic N) is 1. The first-order chi connectivity index (χ1) is 12.3. The molecule has 1 fully saturated rings. The number of hydrogen-bond donors (Lipinski definition) is 3. The molecule has 1 aliphatic rings. The molecular formula is C17H22F3N3O3. The van der Waals surface area contributed by atoms with Gasteiger partial charge in [0.15, 0.2) is 0 Å². The molecule has 0 saturated heterocycles. The van der Waals surface area contributed by atoms with E-state index >= 15 is 0 Å². The summed E-state index contributed by atoms with van der Waals surface area (Å²) in [5.74, 6) is -0.864. The highest BCUT2D eigenvalue weighted by atomic mass is 19.4. The molecule has 0 radical (unpaired) electrons. The minimum Gasteiger partial charge on any atom is -0.396 e. The van der Waals surface area contributed by atoms with Crippen molar-refractivity contribution in [1.82, 2.24) is 10.2 Å². The fourth-order valence-electron chi connectivity index (χ4n) is 2.40. The van der Waals surface area contributed by atoms with Crippen molar-refractivity contribution in [3.8, 4) is 0 Å². The van der Waals surface area contributed by atoms with Gasteiger partial charge in [-0.2, -0.15) is 13.2 Å². The maximum absolute atomic E-state index is 12.6. The SMILES string of the molecule is O=C(CN(CCCO)CC(F)(F)F)Nc1cccc(C(=O)NC2CC2)c1. The van der Waals surface area contributed by atoms with Gasteiger partial charge in [0.05, 0.1) is 13.1 Å². The van der Waals surface area contributed by atoms with E-state index < -0.39 is 25.2 Å². The molecule has 3 N–H and O–H groups in total. The summed E-state index contributed by atoms with van der Waals surface area (Å²) >= 11 is 0. The average Bonchev–Trinajstić information content (AvgIpc) is 3.35. The highest BCUT2D eigenvalue weighted by Gasteiger charge is 2.31. The van der Waals surface area contributed by atoms with Gasteiger partial charge in [-0.1, -0.05) is 6.07 Å². The molecule has 2 rings (SSSR count). The Morgan fingerprint density at radius 2 is 2.00 bits per heavy atom. The van der Waals surface area contributed by atoms with Crippen LogP contribution in [0.25, 0.3) is 0 Å². The van der Waals surface area contributed by atoms with Gasteiger partial charge in [0, 0.05) is 30.4 Å². The van der Waals surface area contributed by atoms with Crippen LogP contribution >= 0.6 is 0 Å². The number of benzene rings is 1. The van der Waals surface area contributed by atoms with Crippen molar-refractivity contribution < 1.29 is 27.9 Å². The Kier molecular flexibility index (Phi) is 6.98. The lowest BCUT2D eigenvalue weighted by molar-refractivity contribution is -0.148. The van der Waals surface area contributed by atoms with Gasteiger partial charge in [-0.05, 0) is 37.5 Å². The highest BCUT2D eigenvalue weighted by Crippen LogP contribution is 2.20. The monoisotopic (exact) mass is 373 g/mol. The summed E-state index contributed by atoms with van der Waals surface area (Å²) in [5, 5.41) is 14.1. The zero-order valence-corrected chi connectivity index (χ0v) is 14.2. The summed E-state index contributed by atoms with van der Waals surface area (Å²) in [6, 6.07) is 6.44. The standard InChI is InChI=1S/C17H22F3N3O3/c18-17(19,20)11-23(7-2-8-24)10-15(25)21-14-4-1-3-12(9-14)16(26)22-13-5-6-13/h1,3-4,9,13,24H,2,5-8,10-11H2,(H,21,25)(H,22,26). The zero-order chi connectivity index (χ0) is 19.2. The van der Waals surface area contributed by atoms with E-state index in [9.17, 15) is 22.8 Å². The summed E-state index contributed by atoms with van der Waals surface area (Å²) in [7, 11) is 0. The van der Waals surface area contributed by atoms with E-state index in [1.165, 1.54) is 6.07 Å². The molecule has 1 saturated carbocycles. The number of aliphatic hydroxyl groups is 1. The summed E-state index contributed by atoms with van der Waals surface area (Å²) in [6.07, 6.45) is -2.40. The van der Waals surface area contributed by atoms with Crippen molar-refractivity contribution in [3.63, 3.8) is 0 Å². The maximum atomic E-state index is 12.6. The van der Waals surface area contributed by atoms with Crippen LogP contribution in [0.1, 0.15) is 29.6 Å². The number of amides is 2. The minimum atomic E-state index is -4.43. The number of alkyl halides is 3. The minimum absolute atomic E-state index is 0.0483. The molecule has 0 aromatic heterocycles. The van der Waals surface area contributed by atoms with Gasteiger partial charge in [0.2, 0.25) is 5.91 Å². The Morgan fingerprint density at radius 3 is 2.62 bits per heavy atom. The molecule has 6 nitrogen and oxygen atoms in total. The predicted molar refractivity (Wildman–Crippen MR) is 89.8 cm³/mol. The number of carbonyl (C=O) groups is 2. The third kappa shape index (κ3) is 7.40. The van der Waals surface area contributed by atoms with Gasteiger partial charge in [-0.25, -0.2) is 0 Å². The van der Waals surface area contributed by atoms with Crippen molar-refractivity contribution >= 4 is 17.5 Å². The normalized spacial score (nSPS) is 14.3. The number of anilines is 1. The van der Waals surface area contributed by atoms with Crippen LogP contribution in [0.5, 0.6) is 0 Å². The molecule has 0 heterocycles. The molecule has 0 aliphatic heterocycles. The Balaban J connectivity index is 1.93. The Morgan fingerprint density at radius 1 is 1.27 bits per heavy atom. The Labute approximate surface area is 149 Å². The number of halogens is 3. The quantitative estimate of drug-likeness (QED) is 0.616. The third-order valence-electron chi connectivity index (χ3n) is 3.72. The highest BCUT2D eigenvalue weighted by molar-refractivity contribution is 5.97. The van der Waals surface area contributed by atoms with Gasteiger partial charge < -0.3 is 15.7 Å². The largest absolute Gasteiger partial charge is 0.401 e. The first-order valence-corrected chi connectivity index (χ1v) is 8.37. The second-order valence-electron chi connectivity index (χ2n) is 6.28. The number of rotatable bonds is 9. The second-order valence-corrected chi connectivity index (χ2v) is 6.28. The van der Waals surface area contributed by atoms with Gasteiger partial charge in [-0.3, -0.25) is 14.5 Å². The first-order valence-electron chi connectivity index (χ1n) is 8.37. The summed E-state index contributed by atoms with van der Waals surface area (Å²) in [6.45, 7) is -2.00. The van der Waals surface area contributed by atoms with Crippen LogP contribution in [0.2, 0.25) is 0 Å². The van der Waals surface area contributed by atoms with E-state index in [0.29, 0.717) is 11.3 Å². The molecule has 1 aliphatic carbocycles. The maximum Gasteiger partial charge on any atom is 0.401 e. The van der Waals surface area contributed by atoms with Crippen molar-refractivity contribution in [3.05, 3.63) is 29.8 Å². The number of aliphatic hydroxyl groups excluding tert-OH is 1. The fourth-order valence-corrected chi connectivity index (χ4v) is 2.40. The van der Waals surface area contributed by atoms with Crippen molar-refractivity contribution in [2.45, 2.75) is 31.5 Å². The molecule has 0 unspecified atom stereocenters. The van der Waals surface area contributed by atoms with Crippen LogP contribution in [-0.2, 0) is 4.79 Å². The first kappa shape index (κ1) is 20.2. The summed E-state index contributed by atoms with van der Waals surface area (Å²) < 4.78 is 37.7. The van der Waals surface area contributed by atoms with E-state index in [1.54, 1.807) is 18.2 Å². The molecule has 144 valence electrons. The van der Waals surface area contributed by atoms with Crippen molar-refractivity contribution in [2.24, 2.45) is 0 Å². The molecule has 0 spiro atoms. The van der Waals surface area contributed by atoms with Gasteiger partial charge in [0.25, 0.3) is 5.91 Å². The van der Waals surface area contributed by atoms with Gasteiger partial charge in [0.1, 0.15) is 0 Å². The molecule has 26 heavy (non-hydrogen) atoms. The molecule has 1 aromatic carbocycles. The smallest absolute Gasteiger partial charge is 0.396 e. The van der Waals surface area contributed by atoms with E-state index in [4.69, 9.17) is 5.11 Å². The fraction of sp³-hybridized carbons (Fsp3) is 0.529. The lowest BCUT2D eigenvalue weighted by Gasteiger charge is -2.22.